The Morgan fingerprint density at radius 1 is 1.24 bits per heavy atom. The molecule has 0 aliphatic carbocycles. The van der Waals surface area contributed by atoms with Crippen molar-refractivity contribution in [1.82, 2.24) is 0 Å². The van der Waals surface area contributed by atoms with Crippen LogP contribution in [0.3, 0.4) is 0 Å². The fourth-order valence-corrected chi connectivity index (χ4v) is 1.66. The maximum Gasteiger partial charge on any atom is 0.313 e. The molecule has 0 N–H and O–H groups in total. The van der Waals surface area contributed by atoms with Gasteiger partial charge in [-0.1, -0.05) is 6.07 Å². The quantitative estimate of drug-likeness (QED) is 0.639. The van der Waals surface area contributed by atoms with Crippen LogP contribution in [0.25, 0.3) is 0 Å². The van der Waals surface area contributed by atoms with Crippen molar-refractivity contribution in [3.8, 4) is 11.8 Å². The van der Waals surface area contributed by atoms with Gasteiger partial charge in [0.15, 0.2) is 5.75 Å². The highest BCUT2D eigenvalue weighted by atomic mass is 19.1. The number of nitro benzene ring substituents is 1. The van der Waals surface area contributed by atoms with E-state index in [1.54, 1.807) is 6.07 Å². The lowest BCUT2D eigenvalue weighted by atomic mass is 10.1. The second-order valence-electron chi connectivity index (χ2n) is 4.08. The molecule has 106 valence electrons. The monoisotopic (exact) mass is 290 g/mol. The largest absolute Gasteiger partial charge is 0.482 e. The minimum atomic E-state index is -0.760. The van der Waals surface area contributed by atoms with Crippen LogP contribution in [-0.4, -0.2) is 4.92 Å². The number of nitriles is 1. The predicted octanol–water partition coefficient (Wildman–Crippen LogP) is 3.32. The molecular weight excluding hydrogens is 282 g/mol. The van der Waals surface area contributed by atoms with Crippen molar-refractivity contribution in [2.45, 2.75) is 6.61 Å². The van der Waals surface area contributed by atoms with Gasteiger partial charge in [-0.3, -0.25) is 10.1 Å². The van der Waals surface area contributed by atoms with Crippen LogP contribution >= 0.6 is 0 Å². The van der Waals surface area contributed by atoms with Crippen molar-refractivity contribution in [3.63, 3.8) is 0 Å². The summed E-state index contributed by atoms with van der Waals surface area (Å²) < 4.78 is 31.4. The Balaban J connectivity index is 2.21. The van der Waals surface area contributed by atoms with Gasteiger partial charge in [0.1, 0.15) is 24.3 Å². The lowest BCUT2D eigenvalue weighted by Gasteiger charge is -2.07. The van der Waals surface area contributed by atoms with Crippen LogP contribution < -0.4 is 4.74 Å². The average molecular weight is 290 g/mol. The number of benzene rings is 2. The van der Waals surface area contributed by atoms with Gasteiger partial charge in [0.25, 0.3) is 0 Å². The molecule has 0 bridgehead atoms. The molecule has 21 heavy (non-hydrogen) atoms. The molecule has 0 saturated heterocycles. The minimum Gasteiger partial charge on any atom is -0.482 e. The zero-order valence-corrected chi connectivity index (χ0v) is 10.5. The number of ether oxygens (including phenoxy) is 1. The summed E-state index contributed by atoms with van der Waals surface area (Å²) in [5.74, 6) is -1.51. The second kappa shape index (κ2) is 5.96. The van der Waals surface area contributed by atoms with Crippen LogP contribution in [0.2, 0.25) is 0 Å². The zero-order chi connectivity index (χ0) is 15.4. The lowest BCUT2D eigenvalue weighted by molar-refractivity contribution is -0.386. The highest BCUT2D eigenvalue weighted by Crippen LogP contribution is 2.28. The first kappa shape index (κ1) is 14.4. The molecule has 0 atom stereocenters. The highest BCUT2D eigenvalue weighted by Gasteiger charge is 2.16. The molecule has 2 rings (SSSR count). The third kappa shape index (κ3) is 3.30. The van der Waals surface area contributed by atoms with Gasteiger partial charge in [-0.15, -0.1) is 0 Å². The Labute approximate surface area is 118 Å². The topological polar surface area (TPSA) is 76.2 Å². The molecule has 0 spiro atoms. The molecule has 0 aliphatic heterocycles. The van der Waals surface area contributed by atoms with Crippen LogP contribution in [0.15, 0.2) is 36.4 Å². The van der Waals surface area contributed by atoms with E-state index in [0.29, 0.717) is 5.56 Å². The van der Waals surface area contributed by atoms with Crippen LogP contribution in [-0.2, 0) is 6.61 Å². The van der Waals surface area contributed by atoms with Crippen LogP contribution in [0.1, 0.15) is 11.1 Å². The number of hydrogen-bond acceptors (Lipinski definition) is 4. The maximum atomic E-state index is 13.2. The van der Waals surface area contributed by atoms with Gasteiger partial charge < -0.3 is 4.74 Å². The molecule has 0 amide bonds. The Bertz CT molecular complexity index is 741. The van der Waals surface area contributed by atoms with Crippen molar-refractivity contribution >= 4 is 5.69 Å². The molecule has 0 radical (unpaired) electrons. The summed E-state index contributed by atoms with van der Waals surface area (Å²) in [5, 5.41) is 19.5. The Morgan fingerprint density at radius 2 is 2.00 bits per heavy atom. The maximum absolute atomic E-state index is 13.2. The number of hydrogen-bond donors (Lipinski definition) is 0. The number of nitrogens with zero attached hydrogens (tertiary/aromatic N) is 2. The Morgan fingerprint density at radius 3 is 2.67 bits per heavy atom. The fourth-order valence-electron chi connectivity index (χ4n) is 1.66. The summed E-state index contributed by atoms with van der Waals surface area (Å²) in [6.07, 6.45) is 0. The van der Waals surface area contributed by atoms with Crippen molar-refractivity contribution < 1.29 is 18.4 Å². The average Bonchev–Trinajstić information content (AvgIpc) is 2.47. The van der Waals surface area contributed by atoms with E-state index in [1.165, 1.54) is 12.1 Å². The molecule has 0 aromatic heterocycles. The van der Waals surface area contributed by atoms with Crippen LogP contribution in [0.4, 0.5) is 14.5 Å². The lowest BCUT2D eigenvalue weighted by Crippen LogP contribution is -2.00. The van der Waals surface area contributed by atoms with Crippen molar-refractivity contribution in [2.75, 3.05) is 0 Å². The molecular formula is C14H8F2N2O3. The minimum absolute atomic E-state index is 0.107. The van der Waals surface area contributed by atoms with Gasteiger partial charge in [0.05, 0.1) is 16.6 Å². The molecule has 0 unspecified atom stereocenters. The smallest absolute Gasteiger partial charge is 0.313 e. The molecule has 7 heteroatoms. The Kier molecular flexibility index (Phi) is 4.09. The van der Waals surface area contributed by atoms with E-state index in [1.807, 2.05) is 0 Å². The summed E-state index contributed by atoms with van der Waals surface area (Å²) in [4.78, 5) is 10.0. The van der Waals surface area contributed by atoms with Gasteiger partial charge in [0.2, 0.25) is 0 Å². The van der Waals surface area contributed by atoms with Crippen LogP contribution in [0, 0.1) is 33.1 Å². The van der Waals surface area contributed by atoms with Gasteiger partial charge in [0, 0.05) is 0 Å². The number of nitro groups is 1. The Hall–Kier alpha value is -3.01. The first-order valence-corrected chi connectivity index (χ1v) is 5.76. The molecule has 5 nitrogen and oxygen atoms in total. The number of rotatable bonds is 4. The summed E-state index contributed by atoms with van der Waals surface area (Å²) in [6.45, 7) is -0.110. The van der Waals surface area contributed by atoms with E-state index < -0.39 is 22.2 Å². The van der Waals surface area contributed by atoms with Crippen LogP contribution in [0.5, 0.6) is 5.75 Å². The number of halogens is 2. The standard InChI is InChI=1S/C14H8F2N2O3/c15-11-2-4-14(13(6-11)18(19)20)21-8-9-1-3-12(16)10(5-9)7-17/h1-6H,8H2. The van der Waals surface area contributed by atoms with E-state index in [9.17, 15) is 18.9 Å². The van der Waals surface area contributed by atoms with E-state index in [2.05, 4.69) is 0 Å². The first-order chi connectivity index (χ1) is 10.0. The van der Waals surface area contributed by atoms with E-state index in [4.69, 9.17) is 10.00 Å². The van der Waals surface area contributed by atoms with Gasteiger partial charge >= 0.3 is 5.69 Å². The normalized spacial score (nSPS) is 9.95. The molecule has 0 saturated carbocycles. The summed E-state index contributed by atoms with van der Waals surface area (Å²) in [6, 6.07) is 8.39. The molecule has 2 aromatic carbocycles. The zero-order valence-electron chi connectivity index (χ0n) is 10.5. The van der Waals surface area contributed by atoms with E-state index in [0.717, 1.165) is 24.3 Å². The third-order valence-corrected chi connectivity index (χ3v) is 2.66. The molecule has 0 fully saturated rings. The van der Waals surface area contributed by atoms with Crippen molar-refractivity contribution in [2.24, 2.45) is 0 Å². The van der Waals surface area contributed by atoms with Gasteiger partial charge in [-0.05, 0) is 29.8 Å². The third-order valence-electron chi connectivity index (χ3n) is 2.66. The summed E-state index contributed by atoms with van der Waals surface area (Å²) in [7, 11) is 0. The van der Waals surface area contributed by atoms with Crippen molar-refractivity contribution in [3.05, 3.63) is 69.3 Å². The van der Waals surface area contributed by atoms with Gasteiger partial charge in [-0.2, -0.15) is 5.26 Å². The summed E-state index contributed by atoms with van der Waals surface area (Å²) >= 11 is 0. The fraction of sp³-hybridized carbons (Fsp3) is 0.0714. The molecule has 0 aliphatic rings. The molecule has 2 aromatic rings. The SMILES string of the molecule is N#Cc1cc(COc2ccc(F)cc2[N+](=O)[O-])ccc1F. The molecule has 0 heterocycles. The van der Waals surface area contributed by atoms with E-state index >= 15 is 0 Å². The second-order valence-corrected chi connectivity index (χ2v) is 4.08. The highest BCUT2D eigenvalue weighted by molar-refractivity contribution is 5.46. The van der Waals surface area contributed by atoms with E-state index in [-0.39, 0.29) is 17.9 Å². The first-order valence-electron chi connectivity index (χ1n) is 5.76. The van der Waals surface area contributed by atoms with Crippen molar-refractivity contribution in [1.29, 1.82) is 5.26 Å². The van der Waals surface area contributed by atoms with Gasteiger partial charge in [-0.25, -0.2) is 8.78 Å². The summed E-state index contributed by atoms with van der Waals surface area (Å²) in [5.41, 5.74) is -0.186. The predicted molar refractivity (Wildman–Crippen MR) is 68.5 cm³/mol.